The molecule has 9 heteroatoms. The topological polar surface area (TPSA) is 101 Å². The Balaban J connectivity index is 1.43. The fourth-order valence-corrected chi connectivity index (χ4v) is 4.30. The largest absolute Gasteiger partial charge is 0.353 e. The summed E-state index contributed by atoms with van der Waals surface area (Å²) in [5.41, 5.74) is 2.10. The van der Waals surface area contributed by atoms with E-state index in [1.165, 1.54) is 12.3 Å². The Hall–Kier alpha value is -3.75. The number of rotatable bonds is 9. The number of aromatic nitrogens is 3. The Kier molecular flexibility index (Phi) is 7.51. The van der Waals surface area contributed by atoms with Crippen molar-refractivity contribution in [3.8, 4) is 0 Å². The standard InChI is InChI=1S/C25H29FN6O2/c1-32-16-18(14-29-32)13-28-25(34)23(11-17-5-2-3-6-17)31-24(33)19-7-4-8-20(12-19)30-22-9-10-27-15-21(22)26/h4,7-10,12,14-17,23H,2-3,5-6,11,13H2,1H3,(H,27,30)(H,28,34)(H,31,33). The summed E-state index contributed by atoms with van der Waals surface area (Å²) in [6.45, 7) is 0.348. The molecule has 1 unspecified atom stereocenters. The van der Waals surface area contributed by atoms with E-state index in [9.17, 15) is 14.0 Å². The van der Waals surface area contributed by atoms with E-state index in [0.29, 0.717) is 30.1 Å². The van der Waals surface area contributed by atoms with Crippen LogP contribution < -0.4 is 16.0 Å². The Morgan fingerprint density at radius 1 is 1.21 bits per heavy atom. The molecule has 1 aliphatic carbocycles. The van der Waals surface area contributed by atoms with Crippen molar-refractivity contribution >= 4 is 23.2 Å². The SMILES string of the molecule is Cn1cc(CNC(=O)C(CC2CCCC2)NC(=O)c2cccc(Nc3ccncc3F)c2)cn1. The zero-order valence-corrected chi connectivity index (χ0v) is 19.1. The monoisotopic (exact) mass is 464 g/mol. The lowest BCUT2D eigenvalue weighted by atomic mass is 9.97. The molecule has 0 spiro atoms. The molecule has 3 aromatic rings. The third-order valence-electron chi connectivity index (χ3n) is 6.07. The normalized spacial score (nSPS) is 14.5. The van der Waals surface area contributed by atoms with Gasteiger partial charge in [-0.1, -0.05) is 31.7 Å². The Morgan fingerprint density at radius 3 is 2.76 bits per heavy atom. The maximum absolute atomic E-state index is 13.9. The van der Waals surface area contributed by atoms with E-state index in [2.05, 4.69) is 26.0 Å². The van der Waals surface area contributed by atoms with Gasteiger partial charge in [-0.3, -0.25) is 19.3 Å². The van der Waals surface area contributed by atoms with E-state index < -0.39 is 11.9 Å². The van der Waals surface area contributed by atoms with Crippen molar-refractivity contribution in [1.82, 2.24) is 25.4 Å². The number of hydrogen-bond donors (Lipinski definition) is 3. The Morgan fingerprint density at radius 2 is 2.03 bits per heavy atom. The minimum Gasteiger partial charge on any atom is -0.353 e. The molecule has 3 N–H and O–H groups in total. The first-order valence-electron chi connectivity index (χ1n) is 11.5. The fourth-order valence-electron chi connectivity index (χ4n) is 4.30. The molecule has 34 heavy (non-hydrogen) atoms. The van der Waals surface area contributed by atoms with E-state index in [-0.39, 0.29) is 17.5 Å². The first-order valence-corrected chi connectivity index (χ1v) is 11.5. The van der Waals surface area contributed by atoms with Gasteiger partial charge in [0.2, 0.25) is 5.91 Å². The van der Waals surface area contributed by atoms with Crippen LogP contribution in [0.4, 0.5) is 15.8 Å². The summed E-state index contributed by atoms with van der Waals surface area (Å²) < 4.78 is 15.6. The molecule has 2 aromatic heterocycles. The second-order valence-electron chi connectivity index (χ2n) is 8.71. The quantitative estimate of drug-likeness (QED) is 0.448. The van der Waals surface area contributed by atoms with Crippen LogP contribution in [0.1, 0.15) is 48.0 Å². The highest BCUT2D eigenvalue weighted by Gasteiger charge is 2.27. The number of anilines is 2. The van der Waals surface area contributed by atoms with Gasteiger partial charge in [0.05, 0.1) is 18.1 Å². The average Bonchev–Trinajstić information content (AvgIpc) is 3.50. The molecule has 0 saturated heterocycles. The predicted molar refractivity (Wildman–Crippen MR) is 127 cm³/mol. The first kappa shape index (κ1) is 23.4. The van der Waals surface area contributed by atoms with Gasteiger partial charge in [-0.05, 0) is 36.6 Å². The highest BCUT2D eigenvalue weighted by atomic mass is 19.1. The van der Waals surface area contributed by atoms with Crippen LogP contribution in [0.2, 0.25) is 0 Å². The van der Waals surface area contributed by atoms with Gasteiger partial charge in [0.25, 0.3) is 5.91 Å². The van der Waals surface area contributed by atoms with E-state index in [1.807, 2.05) is 13.2 Å². The minimum absolute atomic E-state index is 0.211. The predicted octanol–water partition coefficient (Wildman–Crippen LogP) is 3.69. The number of nitrogens with zero attached hydrogens (tertiary/aromatic N) is 3. The lowest BCUT2D eigenvalue weighted by Gasteiger charge is -2.21. The molecule has 1 atom stereocenters. The zero-order valence-electron chi connectivity index (χ0n) is 19.1. The van der Waals surface area contributed by atoms with Crippen molar-refractivity contribution in [2.75, 3.05) is 5.32 Å². The van der Waals surface area contributed by atoms with Crippen molar-refractivity contribution in [3.63, 3.8) is 0 Å². The van der Waals surface area contributed by atoms with E-state index in [1.54, 1.807) is 35.1 Å². The molecule has 1 fully saturated rings. The van der Waals surface area contributed by atoms with Gasteiger partial charge in [0, 0.05) is 42.8 Å². The Bertz CT molecular complexity index is 1140. The number of pyridine rings is 1. The van der Waals surface area contributed by atoms with Crippen molar-refractivity contribution in [2.45, 2.75) is 44.7 Å². The first-order chi connectivity index (χ1) is 16.5. The zero-order chi connectivity index (χ0) is 23.9. The van der Waals surface area contributed by atoms with Crippen molar-refractivity contribution < 1.29 is 14.0 Å². The van der Waals surface area contributed by atoms with E-state index in [4.69, 9.17) is 0 Å². The highest BCUT2D eigenvalue weighted by Crippen LogP contribution is 2.29. The van der Waals surface area contributed by atoms with Crippen LogP contribution in [0.25, 0.3) is 0 Å². The average molecular weight is 465 g/mol. The number of benzene rings is 1. The van der Waals surface area contributed by atoms with E-state index in [0.717, 1.165) is 37.4 Å². The van der Waals surface area contributed by atoms with Gasteiger partial charge in [0.1, 0.15) is 6.04 Å². The smallest absolute Gasteiger partial charge is 0.252 e. The molecular weight excluding hydrogens is 435 g/mol. The molecule has 0 bridgehead atoms. The van der Waals surface area contributed by atoms with Crippen LogP contribution in [0.5, 0.6) is 0 Å². The maximum Gasteiger partial charge on any atom is 0.252 e. The third-order valence-corrected chi connectivity index (χ3v) is 6.07. The summed E-state index contributed by atoms with van der Waals surface area (Å²) in [5.74, 6) is -0.632. The molecule has 1 aliphatic rings. The van der Waals surface area contributed by atoms with Crippen molar-refractivity contribution in [3.05, 3.63) is 72.1 Å². The molecular formula is C25H29FN6O2. The fraction of sp³-hybridized carbons (Fsp3) is 0.360. The molecule has 178 valence electrons. The molecule has 4 rings (SSSR count). The molecule has 1 saturated carbocycles. The van der Waals surface area contributed by atoms with Crippen LogP contribution in [0.3, 0.4) is 0 Å². The molecule has 8 nitrogen and oxygen atoms in total. The van der Waals surface area contributed by atoms with Crippen LogP contribution in [0, 0.1) is 11.7 Å². The van der Waals surface area contributed by atoms with Crippen molar-refractivity contribution in [1.29, 1.82) is 0 Å². The van der Waals surface area contributed by atoms with Crippen LogP contribution in [0.15, 0.2) is 55.1 Å². The summed E-state index contributed by atoms with van der Waals surface area (Å²) in [6.07, 6.45) is 11.2. The minimum atomic E-state index is -0.637. The van der Waals surface area contributed by atoms with Crippen LogP contribution >= 0.6 is 0 Å². The number of nitrogens with one attached hydrogen (secondary N) is 3. The number of amides is 2. The van der Waals surface area contributed by atoms with Crippen LogP contribution in [-0.4, -0.2) is 32.6 Å². The number of halogens is 1. The van der Waals surface area contributed by atoms with Crippen LogP contribution in [-0.2, 0) is 18.4 Å². The summed E-state index contributed by atoms with van der Waals surface area (Å²) in [7, 11) is 1.82. The van der Waals surface area contributed by atoms with Gasteiger partial charge < -0.3 is 16.0 Å². The lowest BCUT2D eigenvalue weighted by Crippen LogP contribution is -2.47. The van der Waals surface area contributed by atoms with Gasteiger partial charge in [-0.2, -0.15) is 5.10 Å². The van der Waals surface area contributed by atoms with Crippen molar-refractivity contribution in [2.24, 2.45) is 13.0 Å². The van der Waals surface area contributed by atoms with Gasteiger partial charge >= 0.3 is 0 Å². The summed E-state index contributed by atoms with van der Waals surface area (Å²) in [6, 6.07) is 7.64. The second kappa shape index (κ2) is 10.9. The molecule has 0 radical (unpaired) electrons. The van der Waals surface area contributed by atoms with Gasteiger partial charge in [-0.25, -0.2) is 4.39 Å². The van der Waals surface area contributed by atoms with E-state index >= 15 is 0 Å². The number of aryl methyl sites for hydroxylation is 1. The molecule has 0 aliphatic heterocycles. The summed E-state index contributed by atoms with van der Waals surface area (Å²) in [4.78, 5) is 29.8. The molecule has 1 aromatic carbocycles. The van der Waals surface area contributed by atoms with Gasteiger partial charge in [0.15, 0.2) is 5.82 Å². The molecule has 2 amide bonds. The number of carbonyl (C=O) groups is 2. The number of carbonyl (C=O) groups excluding carboxylic acids is 2. The summed E-state index contributed by atoms with van der Waals surface area (Å²) >= 11 is 0. The maximum atomic E-state index is 13.9. The number of hydrogen-bond acceptors (Lipinski definition) is 5. The van der Waals surface area contributed by atoms with Gasteiger partial charge in [-0.15, -0.1) is 0 Å². The second-order valence-corrected chi connectivity index (χ2v) is 8.71. The lowest BCUT2D eigenvalue weighted by molar-refractivity contribution is -0.123. The Labute approximate surface area is 198 Å². The molecule has 2 heterocycles. The summed E-state index contributed by atoms with van der Waals surface area (Å²) in [5, 5.41) is 12.9. The highest BCUT2D eigenvalue weighted by molar-refractivity contribution is 5.98. The third kappa shape index (κ3) is 6.18.